The summed E-state index contributed by atoms with van der Waals surface area (Å²) in [7, 11) is 0. The van der Waals surface area contributed by atoms with E-state index in [0.717, 1.165) is 22.2 Å². The van der Waals surface area contributed by atoms with Crippen LogP contribution < -0.4 is 10.6 Å². The van der Waals surface area contributed by atoms with Crippen molar-refractivity contribution in [3.8, 4) is 11.4 Å². The van der Waals surface area contributed by atoms with Gasteiger partial charge >= 0.3 is 0 Å². The SMILES string of the molecule is O=C(CCNc1nc(-c2cccnc2)nc2ccccc12)Nc1ccccc1. The first-order chi connectivity index (χ1) is 13.8. The molecule has 4 rings (SSSR count). The van der Waals surface area contributed by atoms with Gasteiger partial charge < -0.3 is 10.6 Å². The predicted octanol–water partition coefficient (Wildman–Crippen LogP) is 4.13. The Labute approximate surface area is 162 Å². The number of carbonyl (C=O) groups is 1. The topological polar surface area (TPSA) is 79.8 Å². The summed E-state index contributed by atoms with van der Waals surface area (Å²) in [6.07, 6.45) is 3.78. The summed E-state index contributed by atoms with van der Waals surface area (Å²) in [5.41, 5.74) is 2.48. The molecule has 0 saturated carbocycles. The van der Waals surface area contributed by atoms with Crippen LogP contribution in [0.1, 0.15) is 6.42 Å². The highest BCUT2D eigenvalue weighted by Gasteiger charge is 2.10. The molecule has 2 heterocycles. The van der Waals surface area contributed by atoms with Crippen LogP contribution >= 0.6 is 0 Å². The first kappa shape index (κ1) is 17.6. The van der Waals surface area contributed by atoms with Crippen molar-refractivity contribution in [2.45, 2.75) is 6.42 Å². The first-order valence-corrected chi connectivity index (χ1v) is 9.05. The number of hydrogen-bond donors (Lipinski definition) is 2. The number of pyridine rings is 1. The summed E-state index contributed by atoms with van der Waals surface area (Å²) in [6, 6.07) is 21.0. The van der Waals surface area contributed by atoms with Gasteiger partial charge in [0, 0.05) is 42.0 Å². The van der Waals surface area contributed by atoms with Crippen molar-refractivity contribution < 1.29 is 4.79 Å². The Morgan fingerprint density at radius 1 is 0.893 bits per heavy atom. The molecule has 0 fully saturated rings. The molecule has 4 aromatic rings. The zero-order valence-electron chi connectivity index (χ0n) is 15.2. The van der Waals surface area contributed by atoms with Crippen LogP contribution in [-0.4, -0.2) is 27.4 Å². The highest BCUT2D eigenvalue weighted by molar-refractivity contribution is 5.92. The molecule has 0 bridgehead atoms. The molecule has 0 aliphatic heterocycles. The molecule has 6 heteroatoms. The van der Waals surface area contributed by atoms with E-state index in [-0.39, 0.29) is 5.91 Å². The van der Waals surface area contributed by atoms with Gasteiger partial charge in [-0.1, -0.05) is 30.3 Å². The molecule has 0 aliphatic rings. The Bertz CT molecular complexity index is 1080. The zero-order valence-corrected chi connectivity index (χ0v) is 15.2. The van der Waals surface area contributed by atoms with Crippen LogP contribution in [-0.2, 0) is 4.79 Å². The van der Waals surface area contributed by atoms with Gasteiger partial charge in [0.05, 0.1) is 5.52 Å². The Morgan fingerprint density at radius 3 is 2.54 bits per heavy atom. The van der Waals surface area contributed by atoms with Gasteiger partial charge in [-0.05, 0) is 36.4 Å². The maximum absolute atomic E-state index is 12.2. The van der Waals surface area contributed by atoms with Gasteiger partial charge in [-0.3, -0.25) is 9.78 Å². The van der Waals surface area contributed by atoms with Crippen molar-refractivity contribution in [3.63, 3.8) is 0 Å². The number of nitrogens with zero attached hydrogens (tertiary/aromatic N) is 3. The zero-order chi connectivity index (χ0) is 19.2. The summed E-state index contributed by atoms with van der Waals surface area (Å²) in [6.45, 7) is 0.464. The molecule has 0 atom stereocenters. The minimum absolute atomic E-state index is 0.0513. The average Bonchev–Trinajstić information content (AvgIpc) is 2.75. The molecule has 0 unspecified atom stereocenters. The fraction of sp³-hybridized carbons (Fsp3) is 0.0909. The third kappa shape index (κ3) is 4.12. The second kappa shape index (κ2) is 8.26. The van der Waals surface area contributed by atoms with Gasteiger partial charge in [-0.2, -0.15) is 0 Å². The maximum Gasteiger partial charge on any atom is 0.226 e. The summed E-state index contributed by atoms with van der Waals surface area (Å²) >= 11 is 0. The normalized spacial score (nSPS) is 10.6. The second-order valence-corrected chi connectivity index (χ2v) is 6.25. The van der Waals surface area contributed by atoms with Crippen molar-refractivity contribution >= 4 is 28.3 Å². The quantitative estimate of drug-likeness (QED) is 0.534. The molecule has 138 valence electrons. The highest BCUT2D eigenvalue weighted by Crippen LogP contribution is 2.24. The fourth-order valence-corrected chi connectivity index (χ4v) is 2.87. The molecule has 6 nitrogen and oxygen atoms in total. The van der Waals surface area contributed by atoms with Gasteiger partial charge in [-0.25, -0.2) is 9.97 Å². The van der Waals surface area contributed by atoms with Gasteiger partial charge in [0.1, 0.15) is 5.82 Å². The lowest BCUT2D eigenvalue weighted by molar-refractivity contribution is -0.115. The van der Waals surface area contributed by atoms with E-state index in [0.29, 0.717) is 24.6 Å². The van der Waals surface area contributed by atoms with Crippen LogP contribution in [0.3, 0.4) is 0 Å². The highest BCUT2D eigenvalue weighted by atomic mass is 16.1. The number of carbonyl (C=O) groups excluding carboxylic acids is 1. The molecular weight excluding hydrogens is 350 g/mol. The van der Waals surface area contributed by atoms with Crippen LogP contribution in [0.25, 0.3) is 22.3 Å². The fourth-order valence-electron chi connectivity index (χ4n) is 2.87. The molecule has 0 radical (unpaired) electrons. The van der Waals surface area contributed by atoms with E-state index in [2.05, 4.69) is 25.6 Å². The standard InChI is InChI=1S/C22H19N5O/c28-20(25-17-8-2-1-3-9-17)12-14-24-22-18-10-4-5-11-19(18)26-21(27-22)16-7-6-13-23-15-16/h1-11,13,15H,12,14H2,(H,25,28)(H,24,26,27). The number of benzene rings is 2. The Kier molecular flexibility index (Phi) is 5.20. The summed E-state index contributed by atoms with van der Waals surface area (Å²) in [4.78, 5) is 25.6. The maximum atomic E-state index is 12.2. The lowest BCUT2D eigenvalue weighted by Crippen LogP contribution is -2.16. The van der Waals surface area contributed by atoms with E-state index >= 15 is 0 Å². The van der Waals surface area contributed by atoms with Crippen LogP contribution in [0.2, 0.25) is 0 Å². The van der Waals surface area contributed by atoms with Crippen molar-refractivity contribution in [3.05, 3.63) is 79.1 Å². The van der Waals surface area contributed by atoms with E-state index < -0.39 is 0 Å². The van der Waals surface area contributed by atoms with Gasteiger partial charge in [-0.15, -0.1) is 0 Å². The lowest BCUT2D eigenvalue weighted by atomic mass is 10.2. The number of fused-ring (bicyclic) bond motifs is 1. The summed E-state index contributed by atoms with van der Waals surface area (Å²) in [5.74, 6) is 1.25. The first-order valence-electron chi connectivity index (χ1n) is 9.05. The largest absolute Gasteiger partial charge is 0.369 e. The van der Waals surface area contributed by atoms with Crippen LogP contribution in [0.4, 0.5) is 11.5 Å². The predicted molar refractivity (Wildman–Crippen MR) is 111 cm³/mol. The smallest absolute Gasteiger partial charge is 0.226 e. The van der Waals surface area contributed by atoms with E-state index in [1.54, 1.807) is 12.4 Å². The lowest BCUT2D eigenvalue weighted by Gasteiger charge is -2.11. The molecule has 1 amide bonds. The Balaban J connectivity index is 1.50. The molecule has 2 N–H and O–H groups in total. The number of para-hydroxylation sites is 2. The monoisotopic (exact) mass is 369 g/mol. The third-order valence-corrected chi connectivity index (χ3v) is 4.23. The number of hydrogen-bond acceptors (Lipinski definition) is 5. The van der Waals surface area contributed by atoms with Gasteiger partial charge in [0.2, 0.25) is 5.91 Å². The molecule has 0 spiro atoms. The van der Waals surface area contributed by atoms with Crippen LogP contribution in [0.15, 0.2) is 79.1 Å². The number of amides is 1. The minimum Gasteiger partial charge on any atom is -0.369 e. The van der Waals surface area contributed by atoms with Crippen molar-refractivity contribution in [2.24, 2.45) is 0 Å². The second-order valence-electron chi connectivity index (χ2n) is 6.25. The number of rotatable bonds is 6. The minimum atomic E-state index is -0.0513. The van der Waals surface area contributed by atoms with E-state index in [1.807, 2.05) is 66.7 Å². The number of anilines is 2. The van der Waals surface area contributed by atoms with E-state index in [9.17, 15) is 4.79 Å². The summed E-state index contributed by atoms with van der Waals surface area (Å²) < 4.78 is 0. The summed E-state index contributed by atoms with van der Waals surface area (Å²) in [5, 5.41) is 7.08. The van der Waals surface area contributed by atoms with Crippen molar-refractivity contribution in [1.82, 2.24) is 15.0 Å². The van der Waals surface area contributed by atoms with Gasteiger partial charge in [0.25, 0.3) is 0 Å². The molecule has 0 saturated heterocycles. The van der Waals surface area contributed by atoms with E-state index in [1.165, 1.54) is 0 Å². The Morgan fingerprint density at radius 2 is 1.71 bits per heavy atom. The number of nitrogens with one attached hydrogen (secondary N) is 2. The molecule has 2 aromatic heterocycles. The molecular formula is C22H19N5O. The average molecular weight is 369 g/mol. The molecule has 0 aliphatic carbocycles. The third-order valence-electron chi connectivity index (χ3n) is 4.23. The molecule has 2 aromatic carbocycles. The van der Waals surface area contributed by atoms with Crippen molar-refractivity contribution in [1.29, 1.82) is 0 Å². The molecule has 28 heavy (non-hydrogen) atoms. The van der Waals surface area contributed by atoms with Crippen LogP contribution in [0.5, 0.6) is 0 Å². The van der Waals surface area contributed by atoms with E-state index in [4.69, 9.17) is 0 Å². The van der Waals surface area contributed by atoms with Crippen LogP contribution in [0, 0.1) is 0 Å². The number of aromatic nitrogens is 3. The Hall–Kier alpha value is -3.80. The van der Waals surface area contributed by atoms with Crippen molar-refractivity contribution in [2.75, 3.05) is 17.2 Å². The van der Waals surface area contributed by atoms with Gasteiger partial charge in [0.15, 0.2) is 5.82 Å².